The van der Waals surface area contributed by atoms with Gasteiger partial charge in [-0.05, 0) is 29.7 Å². The van der Waals surface area contributed by atoms with Crippen LogP contribution in [-0.4, -0.2) is 35.8 Å². The monoisotopic (exact) mass is 350 g/mol. The van der Waals surface area contributed by atoms with Crippen molar-refractivity contribution in [2.24, 2.45) is 0 Å². The molecule has 0 N–H and O–H groups in total. The number of benzene rings is 2. The van der Waals surface area contributed by atoms with Crippen LogP contribution < -0.4 is 4.74 Å². The van der Waals surface area contributed by atoms with Crippen molar-refractivity contribution < 1.29 is 14.3 Å². The summed E-state index contributed by atoms with van der Waals surface area (Å²) in [5.41, 5.74) is 3.43. The lowest BCUT2D eigenvalue weighted by molar-refractivity contribution is -0.138. The Morgan fingerprint density at radius 1 is 1.04 bits per heavy atom. The van der Waals surface area contributed by atoms with Gasteiger partial charge in [0.05, 0.1) is 13.7 Å². The van der Waals surface area contributed by atoms with Crippen molar-refractivity contribution in [3.8, 4) is 5.75 Å². The minimum atomic E-state index is -0.272. The van der Waals surface area contributed by atoms with E-state index >= 15 is 0 Å². The van der Waals surface area contributed by atoms with Crippen molar-refractivity contribution in [3.05, 3.63) is 77.0 Å². The molecule has 2 aromatic rings. The number of aryl methyl sites for hydroxylation is 1. The molecule has 5 heteroatoms. The van der Waals surface area contributed by atoms with Crippen LogP contribution in [0.5, 0.6) is 5.75 Å². The zero-order valence-corrected chi connectivity index (χ0v) is 15.2. The smallest absolute Gasteiger partial charge is 0.277 e. The van der Waals surface area contributed by atoms with Crippen molar-refractivity contribution in [3.63, 3.8) is 0 Å². The summed E-state index contributed by atoms with van der Waals surface area (Å²) in [5, 5.41) is 0. The molecular weight excluding hydrogens is 328 g/mol. The van der Waals surface area contributed by atoms with Crippen LogP contribution in [0, 0.1) is 6.92 Å². The molecule has 0 aromatic heterocycles. The molecule has 5 nitrogen and oxygen atoms in total. The Bertz CT molecular complexity index is 859. The van der Waals surface area contributed by atoms with E-state index in [-0.39, 0.29) is 18.4 Å². The number of carbonyl (C=O) groups excluding carboxylic acids is 2. The van der Waals surface area contributed by atoms with Gasteiger partial charge >= 0.3 is 0 Å². The highest BCUT2D eigenvalue weighted by atomic mass is 16.5. The summed E-state index contributed by atoms with van der Waals surface area (Å²) in [6.45, 7) is 2.80. The summed E-state index contributed by atoms with van der Waals surface area (Å²) in [6, 6.07) is 15.4. The number of hydrogen-bond donors (Lipinski definition) is 0. The van der Waals surface area contributed by atoms with Crippen molar-refractivity contribution in [1.82, 2.24) is 9.80 Å². The third kappa shape index (κ3) is 3.61. The van der Waals surface area contributed by atoms with E-state index < -0.39 is 0 Å². The van der Waals surface area contributed by atoms with E-state index in [1.165, 1.54) is 11.0 Å². The molecule has 0 fully saturated rings. The molecule has 0 bridgehead atoms. The number of nitrogens with zero attached hydrogens (tertiary/aromatic N) is 2. The van der Waals surface area contributed by atoms with Gasteiger partial charge in [0.1, 0.15) is 11.4 Å². The van der Waals surface area contributed by atoms with Crippen molar-refractivity contribution in [1.29, 1.82) is 0 Å². The number of ether oxygens (including phenoxy) is 1. The number of methoxy groups -OCH3 is 1. The zero-order valence-electron chi connectivity index (χ0n) is 15.2. The third-order valence-electron chi connectivity index (χ3n) is 4.46. The van der Waals surface area contributed by atoms with Gasteiger partial charge < -0.3 is 9.64 Å². The first kappa shape index (κ1) is 17.7. The standard InChI is InChI=1S/C21H22N2O3/c1-15-11-17(9-10-19(15)26-3)13-22(2)18-12-20(24)23(21(18)25)14-16-7-5-4-6-8-16/h4-12H,13-14H2,1-3H3. The maximum atomic E-state index is 12.7. The second-order valence-electron chi connectivity index (χ2n) is 6.40. The molecule has 0 spiro atoms. The lowest BCUT2D eigenvalue weighted by Gasteiger charge is -2.22. The first-order valence-electron chi connectivity index (χ1n) is 8.45. The van der Waals surface area contributed by atoms with Gasteiger partial charge in [-0.25, -0.2) is 0 Å². The highest BCUT2D eigenvalue weighted by Gasteiger charge is 2.33. The van der Waals surface area contributed by atoms with Crippen LogP contribution in [0.2, 0.25) is 0 Å². The van der Waals surface area contributed by atoms with E-state index in [9.17, 15) is 9.59 Å². The molecular formula is C21H22N2O3. The molecule has 3 rings (SSSR count). The largest absolute Gasteiger partial charge is 0.496 e. The second kappa shape index (κ2) is 7.44. The van der Waals surface area contributed by atoms with Gasteiger partial charge in [-0.1, -0.05) is 42.5 Å². The summed E-state index contributed by atoms with van der Waals surface area (Å²) in [5.74, 6) is 0.301. The maximum absolute atomic E-state index is 12.7. The Kier molecular flexibility index (Phi) is 5.07. The summed E-state index contributed by atoms with van der Waals surface area (Å²) >= 11 is 0. The predicted molar refractivity (Wildman–Crippen MR) is 99.3 cm³/mol. The zero-order chi connectivity index (χ0) is 18.7. The van der Waals surface area contributed by atoms with E-state index in [0.29, 0.717) is 12.2 Å². The van der Waals surface area contributed by atoms with Gasteiger partial charge in [-0.2, -0.15) is 0 Å². The Hall–Kier alpha value is -3.08. The second-order valence-corrected chi connectivity index (χ2v) is 6.40. The van der Waals surface area contributed by atoms with E-state index in [1.54, 1.807) is 7.11 Å². The summed E-state index contributed by atoms with van der Waals surface area (Å²) < 4.78 is 5.28. The fourth-order valence-electron chi connectivity index (χ4n) is 3.08. The molecule has 0 aliphatic carbocycles. The maximum Gasteiger partial charge on any atom is 0.277 e. The fraction of sp³-hybridized carbons (Fsp3) is 0.238. The van der Waals surface area contributed by atoms with Gasteiger partial charge in [0.25, 0.3) is 11.8 Å². The molecule has 0 unspecified atom stereocenters. The Labute approximate surface area is 153 Å². The van der Waals surface area contributed by atoms with E-state index in [4.69, 9.17) is 4.74 Å². The van der Waals surface area contributed by atoms with Crippen molar-refractivity contribution in [2.75, 3.05) is 14.2 Å². The van der Waals surface area contributed by atoms with Crippen LogP contribution in [0.25, 0.3) is 0 Å². The molecule has 26 heavy (non-hydrogen) atoms. The molecule has 0 saturated heterocycles. The van der Waals surface area contributed by atoms with Gasteiger partial charge in [0, 0.05) is 19.7 Å². The number of rotatable bonds is 6. The van der Waals surface area contributed by atoms with Gasteiger partial charge in [-0.3, -0.25) is 14.5 Å². The average molecular weight is 350 g/mol. The van der Waals surface area contributed by atoms with Crippen LogP contribution in [0.4, 0.5) is 0 Å². The first-order chi connectivity index (χ1) is 12.5. The average Bonchev–Trinajstić information content (AvgIpc) is 2.91. The number of carbonyl (C=O) groups is 2. The molecule has 0 atom stereocenters. The van der Waals surface area contributed by atoms with Gasteiger partial charge in [-0.15, -0.1) is 0 Å². The van der Waals surface area contributed by atoms with Crippen LogP contribution in [0.1, 0.15) is 16.7 Å². The van der Waals surface area contributed by atoms with Crippen LogP contribution in [0.15, 0.2) is 60.3 Å². The Morgan fingerprint density at radius 2 is 1.77 bits per heavy atom. The highest BCUT2D eigenvalue weighted by Crippen LogP contribution is 2.23. The predicted octanol–water partition coefficient (Wildman–Crippen LogP) is 2.89. The normalized spacial score (nSPS) is 13.8. The van der Waals surface area contributed by atoms with Crippen molar-refractivity contribution in [2.45, 2.75) is 20.0 Å². The number of likely N-dealkylation sites (N-methyl/N-ethyl adjacent to an activating group) is 1. The van der Waals surface area contributed by atoms with E-state index in [0.717, 1.165) is 22.4 Å². The Balaban J connectivity index is 1.71. The molecule has 0 radical (unpaired) electrons. The van der Waals surface area contributed by atoms with Crippen molar-refractivity contribution >= 4 is 11.8 Å². The molecule has 1 aliphatic rings. The molecule has 1 heterocycles. The van der Waals surface area contributed by atoms with E-state index in [2.05, 4.69) is 0 Å². The minimum Gasteiger partial charge on any atom is -0.496 e. The molecule has 2 amide bonds. The lowest BCUT2D eigenvalue weighted by Crippen LogP contribution is -2.33. The molecule has 2 aromatic carbocycles. The van der Waals surface area contributed by atoms with E-state index in [1.807, 2.05) is 67.4 Å². The summed E-state index contributed by atoms with van der Waals surface area (Å²) in [7, 11) is 3.46. The summed E-state index contributed by atoms with van der Waals surface area (Å²) in [6.07, 6.45) is 1.42. The molecule has 1 aliphatic heterocycles. The SMILES string of the molecule is COc1ccc(CN(C)C2=CC(=O)N(Cc3ccccc3)C2=O)cc1C. The summed E-state index contributed by atoms with van der Waals surface area (Å²) in [4.78, 5) is 28.1. The van der Waals surface area contributed by atoms with Gasteiger partial charge in [0.2, 0.25) is 0 Å². The fourth-order valence-corrected chi connectivity index (χ4v) is 3.08. The number of imide groups is 1. The minimum absolute atomic E-state index is 0.258. The molecule has 134 valence electrons. The molecule has 0 saturated carbocycles. The van der Waals surface area contributed by atoms with Crippen LogP contribution >= 0.6 is 0 Å². The van der Waals surface area contributed by atoms with Crippen LogP contribution in [0.3, 0.4) is 0 Å². The number of hydrogen-bond acceptors (Lipinski definition) is 4. The topological polar surface area (TPSA) is 49.9 Å². The Morgan fingerprint density at radius 3 is 2.42 bits per heavy atom. The van der Waals surface area contributed by atoms with Gasteiger partial charge in [0.15, 0.2) is 0 Å². The van der Waals surface area contributed by atoms with Crippen LogP contribution in [-0.2, 0) is 22.7 Å². The third-order valence-corrected chi connectivity index (χ3v) is 4.46. The highest BCUT2D eigenvalue weighted by molar-refractivity contribution is 6.15. The quantitative estimate of drug-likeness (QED) is 0.752. The lowest BCUT2D eigenvalue weighted by atomic mass is 10.1. The number of amides is 2. The first-order valence-corrected chi connectivity index (χ1v) is 8.45.